The number of nitrogens with zero attached hydrogens (tertiary/aromatic N) is 2. The first kappa shape index (κ1) is 11.7. The van der Waals surface area contributed by atoms with E-state index in [1.54, 1.807) is 6.07 Å². The fraction of sp³-hybridized carbons (Fsp3) is 0.500. The van der Waals surface area contributed by atoms with Crippen LogP contribution in [0.15, 0.2) is 10.9 Å². The molecule has 2 rings (SSSR count). The largest absolute Gasteiger partial charge is 0.493 e. The molecule has 2 heterocycles. The SMILES string of the molecule is CCCc1c(O)n2nc(C(C)C)cc2[nH]c1=O. The molecule has 2 aromatic heterocycles. The summed E-state index contributed by atoms with van der Waals surface area (Å²) in [5.41, 5.74) is 1.56. The van der Waals surface area contributed by atoms with Crippen LogP contribution in [-0.2, 0) is 6.42 Å². The van der Waals surface area contributed by atoms with Gasteiger partial charge in [-0.15, -0.1) is 0 Å². The Balaban J connectivity index is 2.69. The molecule has 0 saturated carbocycles. The van der Waals surface area contributed by atoms with Crippen LogP contribution in [0.4, 0.5) is 0 Å². The van der Waals surface area contributed by atoms with Gasteiger partial charge in [0.05, 0.1) is 11.3 Å². The van der Waals surface area contributed by atoms with Gasteiger partial charge in [0.25, 0.3) is 5.56 Å². The number of H-pyrrole nitrogens is 1. The van der Waals surface area contributed by atoms with Crippen molar-refractivity contribution in [1.29, 1.82) is 0 Å². The van der Waals surface area contributed by atoms with E-state index in [1.165, 1.54) is 4.52 Å². The quantitative estimate of drug-likeness (QED) is 0.852. The molecule has 0 saturated heterocycles. The molecule has 0 atom stereocenters. The average molecular weight is 235 g/mol. The van der Waals surface area contributed by atoms with Gasteiger partial charge in [0.15, 0.2) is 0 Å². The van der Waals surface area contributed by atoms with Gasteiger partial charge < -0.3 is 10.1 Å². The van der Waals surface area contributed by atoms with Crippen molar-refractivity contribution in [1.82, 2.24) is 14.6 Å². The Morgan fingerprint density at radius 2 is 2.24 bits per heavy atom. The fourth-order valence-corrected chi connectivity index (χ4v) is 1.83. The first-order chi connectivity index (χ1) is 8.04. The molecule has 2 N–H and O–H groups in total. The minimum Gasteiger partial charge on any atom is -0.493 e. The lowest BCUT2D eigenvalue weighted by atomic mass is 10.1. The van der Waals surface area contributed by atoms with Crippen LogP contribution in [-0.4, -0.2) is 19.7 Å². The van der Waals surface area contributed by atoms with E-state index in [0.29, 0.717) is 17.6 Å². The van der Waals surface area contributed by atoms with E-state index in [9.17, 15) is 9.90 Å². The van der Waals surface area contributed by atoms with Crippen molar-refractivity contribution in [2.24, 2.45) is 0 Å². The van der Waals surface area contributed by atoms with E-state index in [-0.39, 0.29) is 17.4 Å². The number of aromatic nitrogens is 3. The van der Waals surface area contributed by atoms with Crippen LogP contribution in [0, 0.1) is 0 Å². The lowest BCUT2D eigenvalue weighted by molar-refractivity contribution is 0.425. The maximum atomic E-state index is 11.8. The van der Waals surface area contributed by atoms with Crippen LogP contribution < -0.4 is 5.56 Å². The minimum absolute atomic E-state index is 0.0440. The Morgan fingerprint density at radius 3 is 2.82 bits per heavy atom. The summed E-state index contributed by atoms with van der Waals surface area (Å²) < 4.78 is 1.40. The summed E-state index contributed by atoms with van der Waals surface area (Å²) in [5.74, 6) is 0.213. The van der Waals surface area contributed by atoms with Crippen molar-refractivity contribution in [3.8, 4) is 5.88 Å². The lowest BCUT2D eigenvalue weighted by Crippen LogP contribution is -2.15. The highest BCUT2D eigenvalue weighted by molar-refractivity contribution is 5.44. The van der Waals surface area contributed by atoms with Gasteiger partial charge >= 0.3 is 0 Å². The van der Waals surface area contributed by atoms with Gasteiger partial charge in [-0.05, 0) is 12.3 Å². The molecule has 0 amide bonds. The molecule has 0 aliphatic carbocycles. The van der Waals surface area contributed by atoms with Crippen molar-refractivity contribution in [2.75, 3.05) is 0 Å². The van der Waals surface area contributed by atoms with Crippen LogP contribution in [0.25, 0.3) is 5.65 Å². The Morgan fingerprint density at radius 1 is 1.53 bits per heavy atom. The van der Waals surface area contributed by atoms with Crippen molar-refractivity contribution in [2.45, 2.75) is 39.5 Å². The molecule has 0 fully saturated rings. The molecule has 0 spiro atoms. The van der Waals surface area contributed by atoms with Crippen molar-refractivity contribution in [3.05, 3.63) is 27.7 Å². The third-order valence-corrected chi connectivity index (χ3v) is 2.81. The standard InChI is InChI=1S/C12H17N3O2/c1-4-5-8-11(16)13-10-6-9(7(2)3)14-15(10)12(8)17/h6-7,17H,4-5H2,1-3H3,(H,13,16). The second kappa shape index (κ2) is 4.24. The Bertz CT molecular complexity index is 596. The van der Waals surface area contributed by atoms with Crippen LogP contribution in [0.2, 0.25) is 0 Å². The minimum atomic E-state index is -0.230. The first-order valence-corrected chi connectivity index (χ1v) is 5.88. The molecule has 0 aromatic carbocycles. The highest BCUT2D eigenvalue weighted by Crippen LogP contribution is 2.19. The van der Waals surface area contributed by atoms with Crippen LogP contribution in [0.3, 0.4) is 0 Å². The first-order valence-electron chi connectivity index (χ1n) is 5.88. The fourth-order valence-electron chi connectivity index (χ4n) is 1.83. The normalized spacial score (nSPS) is 11.5. The van der Waals surface area contributed by atoms with E-state index >= 15 is 0 Å². The predicted octanol–water partition coefficient (Wildman–Crippen LogP) is 1.80. The summed E-state index contributed by atoms with van der Waals surface area (Å²) in [6.45, 7) is 6.00. The number of fused-ring (bicyclic) bond motifs is 1. The molecule has 5 heteroatoms. The summed E-state index contributed by atoms with van der Waals surface area (Å²) >= 11 is 0. The van der Waals surface area contributed by atoms with Crippen LogP contribution in [0.1, 0.15) is 44.4 Å². The second-order valence-electron chi connectivity index (χ2n) is 4.53. The number of rotatable bonds is 3. The molecule has 5 nitrogen and oxygen atoms in total. The van der Waals surface area contributed by atoms with Gasteiger partial charge in [-0.3, -0.25) is 4.79 Å². The van der Waals surface area contributed by atoms with E-state index in [0.717, 1.165) is 12.1 Å². The number of aromatic hydroxyl groups is 1. The average Bonchev–Trinajstić information content (AvgIpc) is 2.68. The highest BCUT2D eigenvalue weighted by atomic mass is 16.3. The number of aromatic amines is 1. The maximum absolute atomic E-state index is 11.8. The number of hydrogen-bond acceptors (Lipinski definition) is 3. The maximum Gasteiger partial charge on any atom is 0.258 e. The third kappa shape index (κ3) is 1.92. The van der Waals surface area contributed by atoms with Crippen LogP contribution in [0.5, 0.6) is 5.88 Å². The third-order valence-electron chi connectivity index (χ3n) is 2.81. The molecule has 17 heavy (non-hydrogen) atoms. The Kier molecular flexibility index (Phi) is 2.92. The van der Waals surface area contributed by atoms with Gasteiger partial charge in [0.2, 0.25) is 5.88 Å². The Hall–Kier alpha value is -1.78. The van der Waals surface area contributed by atoms with Crippen molar-refractivity contribution >= 4 is 5.65 Å². The zero-order valence-electron chi connectivity index (χ0n) is 10.3. The molecule has 0 radical (unpaired) electrons. The molecule has 92 valence electrons. The number of hydrogen-bond donors (Lipinski definition) is 2. The number of nitrogens with one attached hydrogen (secondary N) is 1. The van der Waals surface area contributed by atoms with Gasteiger partial charge in [0.1, 0.15) is 5.65 Å². The van der Waals surface area contributed by atoms with Crippen molar-refractivity contribution in [3.63, 3.8) is 0 Å². The van der Waals surface area contributed by atoms with E-state index in [2.05, 4.69) is 10.1 Å². The topological polar surface area (TPSA) is 70.4 Å². The zero-order chi connectivity index (χ0) is 12.6. The van der Waals surface area contributed by atoms with Gasteiger partial charge in [-0.2, -0.15) is 9.61 Å². The summed E-state index contributed by atoms with van der Waals surface area (Å²) in [5, 5.41) is 14.3. The van der Waals surface area contributed by atoms with E-state index < -0.39 is 0 Å². The van der Waals surface area contributed by atoms with Gasteiger partial charge in [-0.25, -0.2) is 0 Å². The molecular formula is C12H17N3O2. The lowest BCUT2D eigenvalue weighted by Gasteiger charge is -2.03. The highest BCUT2D eigenvalue weighted by Gasteiger charge is 2.14. The van der Waals surface area contributed by atoms with E-state index in [1.807, 2.05) is 20.8 Å². The summed E-state index contributed by atoms with van der Waals surface area (Å²) in [7, 11) is 0. The summed E-state index contributed by atoms with van der Waals surface area (Å²) in [6, 6.07) is 1.79. The molecule has 0 bridgehead atoms. The second-order valence-corrected chi connectivity index (χ2v) is 4.53. The van der Waals surface area contributed by atoms with E-state index in [4.69, 9.17) is 0 Å². The molecule has 0 aliphatic heterocycles. The van der Waals surface area contributed by atoms with Gasteiger partial charge in [-0.1, -0.05) is 27.2 Å². The monoisotopic (exact) mass is 235 g/mol. The molecule has 0 unspecified atom stereocenters. The van der Waals surface area contributed by atoms with Crippen LogP contribution >= 0.6 is 0 Å². The zero-order valence-corrected chi connectivity index (χ0v) is 10.3. The summed E-state index contributed by atoms with van der Waals surface area (Å²) in [4.78, 5) is 14.5. The summed E-state index contributed by atoms with van der Waals surface area (Å²) in [6.07, 6.45) is 1.36. The predicted molar refractivity (Wildman–Crippen MR) is 65.6 cm³/mol. The smallest absolute Gasteiger partial charge is 0.258 e. The van der Waals surface area contributed by atoms with Crippen molar-refractivity contribution < 1.29 is 5.11 Å². The Labute approximate surface area is 99.1 Å². The molecular weight excluding hydrogens is 218 g/mol. The van der Waals surface area contributed by atoms with Gasteiger partial charge in [0, 0.05) is 6.07 Å². The molecule has 2 aromatic rings. The molecule has 0 aliphatic rings.